The number of allylic oxidation sites excluding steroid dienone is 1. The van der Waals surface area contributed by atoms with E-state index in [0.29, 0.717) is 32.4 Å². The van der Waals surface area contributed by atoms with E-state index in [1.165, 1.54) is 10.5 Å². The molecule has 2 aliphatic carbocycles. The molecule has 1 aromatic carbocycles. The van der Waals surface area contributed by atoms with Gasteiger partial charge in [0.25, 0.3) is 0 Å². The van der Waals surface area contributed by atoms with Gasteiger partial charge in [-0.1, -0.05) is 77.8 Å². The van der Waals surface area contributed by atoms with E-state index in [2.05, 4.69) is 17.2 Å². The minimum Gasteiger partial charge on any atom is -0.444 e. The summed E-state index contributed by atoms with van der Waals surface area (Å²) in [5.41, 5.74) is 1.37. The Labute approximate surface area is 319 Å². The van der Waals surface area contributed by atoms with Gasteiger partial charge < -0.3 is 25.2 Å². The van der Waals surface area contributed by atoms with E-state index in [1.54, 1.807) is 31.7 Å². The molecule has 0 spiro atoms. The number of carbonyl (C=O) groups excluding carboxylic acids is 7. The first-order valence-electron chi connectivity index (χ1n) is 19.7. The maximum Gasteiger partial charge on any atom is 0.410 e. The summed E-state index contributed by atoms with van der Waals surface area (Å²) in [5.74, 6) is -2.85. The summed E-state index contributed by atoms with van der Waals surface area (Å²) in [6.45, 7) is 13.5. The molecule has 4 amide bonds. The molecule has 2 heterocycles. The van der Waals surface area contributed by atoms with Gasteiger partial charge in [0.05, 0.1) is 18.6 Å². The van der Waals surface area contributed by atoms with E-state index >= 15 is 0 Å². The molecule has 2 N–H and O–H groups in total. The second-order valence-electron chi connectivity index (χ2n) is 17.2. The van der Waals surface area contributed by atoms with Gasteiger partial charge >= 0.3 is 12.1 Å². The van der Waals surface area contributed by atoms with Gasteiger partial charge in [0.2, 0.25) is 11.7 Å². The first-order valence-corrected chi connectivity index (χ1v) is 19.7. The first kappa shape index (κ1) is 40.8. The van der Waals surface area contributed by atoms with Gasteiger partial charge in [-0.2, -0.15) is 0 Å². The van der Waals surface area contributed by atoms with Gasteiger partial charge in [0, 0.05) is 44.2 Å². The molecule has 1 unspecified atom stereocenters. The van der Waals surface area contributed by atoms with Crippen molar-refractivity contribution in [2.45, 2.75) is 130 Å². The molecule has 2 aliphatic heterocycles. The molecular weight excluding hydrogens is 688 g/mol. The number of hydrogen-bond donors (Lipinski definition) is 2. The number of amides is 4. The smallest absolute Gasteiger partial charge is 0.410 e. The van der Waals surface area contributed by atoms with Gasteiger partial charge in [0.1, 0.15) is 12.1 Å². The van der Waals surface area contributed by atoms with Crippen LogP contribution in [0.25, 0.3) is 0 Å². The van der Waals surface area contributed by atoms with Gasteiger partial charge in [-0.3, -0.25) is 24.0 Å². The molecule has 294 valence electrons. The highest BCUT2D eigenvalue weighted by Crippen LogP contribution is 2.38. The van der Waals surface area contributed by atoms with Crippen LogP contribution >= 0.6 is 0 Å². The van der Waals surface area contributed by atoms with Crippen molar-refractivity contribution >= 4 is 41.2 Å². The van der Waals surface area contributed by atoms with Crippen molar-refractivity contribution in [2.24, 2.45) is 29.1 Å². The number of fused-ring (bicyclic) bond motifs is 1. The Morgan fingerprint density at radius 3 is 2.28 bits per heavy atom. The van der Waals surface area contributed by atoms with Crippen molar-refractivity contribution in [3.05, 3.63) is 48.0 Å². The third-order valence-corrected chi connectivity index (χ3v) is 11.2. The first-order chi connectivity index (χ1) is 25.6. The predicted molar refractivity (Wildman–Crippen MR) is 202 cm³/mol. The number of ether oxygens (including phenoxy) is 1. The number of likely N-dealkylation sites (tertiary alicyclic amines) is 1. The van der Waals surface area contributed by atoms with Crippen molar-refractivity contribution in [3.8, 4) is 0 Å². The minimum atomic E-state index is -1.12. The van der Waals surface area contributed by atoms with Crippen LogP contribution in [0.5, 0.6) is 0 Å². The zero-order chi connectivity index (χ0) is 39.3. The van der Waals surface area contributed by atoms with Crippen molar-refractivity contribution in [2.75, 3.05) is 13.1 Å². The Hall–Kier alpha value is -4.35. The van der Waals surface area contributed by atoms with Crippen molar-refractivity contribution in [3.63, 3.8) is 0 Å². The Morgan fingerprint density at radius 2 is 1.67 bits per heavy atom. The Bertz CT molecular complexity index is 1620. The van der Waals surface area contributed by atoms with Gasteiger partial charge in [-0.25, -0.2) is 9.59 Å². The van der Waals surface area contributed by atoms with Crippen LogP contribution in [0, 0.1) is 29.1 Å². The zero-order valence-corrected chi connectivity index (χ0v) is 32.6. The average molecular weight is 747 g/mol. The number of carbonyl (C=O) groups is 7. The summed E-state index contributed by atoms with van der Waals surface area (Å²) in [4.78, 5) is 98.0. The van der Waals surface area contributed by atoms with E-state index in [9.17, 15) is 33.6 Å². The fourth-order valence-corrected chi connectivity index (χ4v) is 7.62. The average Bonchev–Trinajstić information content (AvgIpc) is 4.08. The molecular formula is C42H58N4O8. The van der Waals surface area contributed by atoms with Crippen LogP contribution in [0.4, 0.5) is 9.59 Å². The quantitative estimate of drug-likeness (QED) is 0.160. The number of Topliss-reactive ketones (excluding diaryl/α,β-unsaturated/α-hetero) is 4. The van der Waals surface area contributed by atoms with Crippen LogP contribution in [0.2, 0.25) is 0 Å². The molecule has 0 bridgehead atoms. The topological polar surface area (TPSA) is 159 Å². The van der Waals surface area contributed by atoms with E-state index < -0.39 is 70.9 Å². The number of nitrogens with one attached hydrogen (secondary N) is 2. The Morgan fingerprint density at radius 1 is 0.981 bits per heavy atom. The van der Waals surface area contributed by atoms with Crippen LogP contribution in [0.1, 0.15) is 104 Å². The normalized spacial score (nSPS) is 21.4. The third-order valence-electron chi connectivity index (χ3n) is 11.2. The van der Waals surface area contributed by atoms with E-state index in [1.807, 2.05) is 38.1 Å². The van der Waals surface area contributed by atoms with Gasteiger partial charge in [-0.05, 0) is 60.5 Å². The number of hydrogen-bond acceptors (Lipinski definition) is 8. The van der Waals surface area contributed by atoms with Crippen molar-refractivity contribution in [1.29, 1.82) is 0 Å². The van der Waals surface area contributed by atoms with E-state index in [-0.39, 0.29) is 49.3 Å². The largest absolute Gasteiger partial charge is 0.444 e. The van der Waals surface area contributed by atoms with Crippen molar-refractivity contribution < 1.29 is 38.3 Å². The second-order valence-corrected chi connectivity index (χ2v) is 17.2. The molecule has 12 heteroatoms. The summed E-state index contributed by atoms with van der Waals surface area (Å²) in [6, 6.07) is 4.35. The number of ketones is 4. The summed E-state index contributed by atoms with van der Waals surface area (Å²) in [7, 11) is 0. The second kappa shape index (κ2) is 17.4. The molecule has 0 aromatic heterocycles. The maximum absolute atomic E-state index is 14.6. The summed E-state index contributed by atoms with van der Waals surface area (Å²) >= 11 is 0. The SMILES string of the molecule is C=CCCC(=O)C(=O)C(CC(=O)[C@@H]1C[C@@H](OC(=O)N2CCc3ccccc3C2)CN1C(=O)[C@@H](NC(=O)N[C@H](C(=O)C1CC1)C(C)C)C(C)(C)C)CC1CC1. The lowest BCUT2D eigenvalue weighted by Crippen LogP contribution is -2.60. The Kier molecular flexibility index (Phi) is 13.2. The molecule has 1 aromatic rings. The van der Waals surface area contributed by atoms with Crippen LogP contribution in [0.3, 0.4) is 0 Å². The number of rotatable bonds is 17. The third kappa shape index (κ3) is 10.4. The predicted octanol–water partition coefficient (Wildman–Crippen LogP) is 5.35. The standard InChI is InChI=1S/C42H58N4O8/c1-7-8-13-33(47)36(49)30(20-26-14-15-26)21-34(48)32-22-31(54-41(53)45-19-18-27-11-9-10-12-29(27)23-45)24-46(32)39(51)38(42(4,5)6)44-40(52)43-35(25(2)3)37(50)28-16-17-28/h7,9-12,25-26,28,30-32,35,38H,1,8,13-24H2,2-6H3,(H2,43,44,52)/t30?,31-,32+,35+,38-/m1/s1. The molecule has 0 radical (unpaired) electrons. The molecule has 4 aliphatic rings. The molecule has 3 fully saturated rings. The molecule has 2 saturated carbocycles. The van der Waals surface area contributed by atoms with E-state index in [0.717, 1.165) is 31.2 Å². The molecule has 1 saturated heterocycles. The Balaban J connectivity index is 1.36. The fraction of sp³-hybridized carbons (Fsp3) is 0.643. The molecule has 5 rings (SSSR count). The number of urea groups is 1. The van der Waals surface area contributed by atoms with Crippen LogP contribution in [0.15, 0.2) is 36.9 Å². The lowest BCUT2D eigenvalue weighted by atomic mass is 9.84. The fourth-order valence-electron chi connectivity index (χ4n) is 7.62. The highest BCUT2D eigenvalue weighted by Gasteiger charge is 2.48. The monoisotopic (exact) mass is 746 g/mol. The molecule has 12 nitrogen and oxygen atoms in total. The molecule has 5 atom stereocenters. The van der Waals surface area contributed by atoms with Crippen LogP contribution < -0.4 is 10.6 Å². The summed E-state index contributed by atoms with van der Waals surface area (Å²) < 4.78 is 5.99. The van der Waals surface area contributed by atoms with Crippen LogP contribution in [-0.4, -0.2) is 88.3 Å². The minimum absolute atomic E-state index is 0.0177. The molecule has 54 heavy (non-hydrogen) atoms. The van der Waals surface area contributed by atoms with Crippen LogP contribution in [-0.2, 0) is 41.7 Å². The number of nitrogens with zero attached hydrogens (tertiary/aromatic N) is 2. The van der Waals surface area contributed by atoms with Gasteiger partial charge in [0.15, 0.2) is 17.3 Å². The zero-order valence-electron chi connectivity index (χ0n) is 32.6. The van der Waals surface area contributed by atoms with Gasteiger partial charge in [-0.15, -0.1) is 6.58 Å². The lowest BCUT2D eigenvalue weighted by molar-refractivity contribution is -0.143. The summed E-state index contributed by atoms with van der Waals surface area (Å²) in [6.07, 6.45) is 4.93. The maximum atomic E-state index is 14.6. The lowest BCUT2D eigenvalue weighted by Gasteiger charge is -2.36. The highest BCUT2D eigenvalue weighted by atomic mass is 16.6. The highest BCUT2D eigenvalue weighted by molar-refractivity contribution is 6.38. The van der Waals surface area contributed by atoms with Crippen molar-refractivity contribution in [1.82, 2.24) is 20.4 Å². The number of benzene rings is 1. The summed E-state index contributed by atoms with van der Waals surface area (Å²) in [5, 5.41) is 5.61. The van der Waals surface area contributed by atoms with E-state index in [4.69, 9.17) is 4.74 Å².